The van der Waals surface area contributed by atoms with E-state index in [9.17, 15) is 0 Å². The van der Waals surface area contributed by atoms with E-state index in [-0.39, 0.29) is 0 Å². The first kappa shape index (κ1) is 12.7. The number of rotatable bonds is 4. The van der Waals surface area contributed by atoms with Gasteiger partial charge < -0.3 is 11.1 Å². The van der Waals surface area contributed by atoms with Crippen LogP contribution in [0.3, 0.4) is 0 Å². The van der Waals surface area contributed by atoms with Crippen LogP contribution in [0.5, 0.6) is 0 Å². The molecule has 0 radical (unpaired) electrons. The molecule has 0 saturated heterocycles. The van der Waals surface area contributed by atoms with Gasteiger partial charge in [-0.2, -0.15) is 0 Å². The Labute approximate surface area is 121 Å². The summed E-state index contributed by atoms with van der Waals surface area (Å²) in [6, 6.07) is 5.99. The summed E-state index contributed by atoms with van der Waals surface area (Å²) in [5.41, 5.74) is 8.81. The Morgan fingerprint density at radius 2 is 2.26 bits per heavy atom. The van der Waals surface area contributed by atoms with Gasteiger partial charge in [0.25, 0.3) is 0 Å². The summed E-state index contributed by atoms with van der Waals surface area (Å²) >= 11 is 3.44. The molecule has 1 fully saturated rings. The van der Waals surface area contributed by atoms with Crippen molar-refractivity contribution in [2.75, 3.05) is 17.6 Å². The second-order valence-corrected chi connectivity index (χ2v) is 6.36. The number of fused-ring (bicyclic) bond motifs is 1. The third-order valence-electron chi connectivity index (χ3n) is 3.89. The molecule has 0 bridgehead atoms. The van der Waals surface area contributed by atoms with E-state index in [0.717, 1.165) is 45.1 Å². The molecule has 1 unspecified atom stereocenters. The molecule has 100 valence electrons. The molecule has 1 aliphatic rings. The number of aromatic nitrogens is 1. The topological polar surface area (TPSA) is 50.9 Å². The van der Waals surface area contributed by atoms with E-state index in [0.29, 0.717) is 0 Å². The maximum absolute atomic E-state index is 6.02. The number of halogens is 1. The van der Waals surface area contributed by atoms with Crippen LogP contribution in [0.25, 0.3) is 10.9 Å². The Bertz CT molecular complexity index is 608. The molecule has 0 aliphatic heterocycles. The summed E-state index contributed by atoms with van der Waals surface area (Å²) in [7, 11) is 0. The number of anilines is 2. The third-order valence-corrected chi connectivity index (χ3v) is 4.32. The number of nitrogens with two attached hydrogens (primary N) is 1. The number of pyridine rings is 1. The van der Waals surface area contributed by atoms with Crippen LogP contribution in [0.2, 0.25) is 0 Å². The monoisotopic (exact) mass is 319 g/mol. The Balaban J connectivity index is 1.88. The molecular formula is C15H18BrN3. The SMILES string of the molecule is CC(CNc1ccc(N)c2cc(Br)cnc12)C1CC1. The smallest absolute Gasteiger partial charge is 0.0954 e. The molecule has 2 aromatic rings. The predicted octanol–water partition coefficient (Wildman–Crippen LogP) is 4.04. The summed E-state index contributed by atoms with van der Waals surface area (Å²) in [5, 5.41) is 4.52. The lowest BCUT2D eigenvalue weighted by atomic mass is 10.1. The predicted molar refractivity (Wildman–Crippen MR) is 84.2 cm³/mol. The molecule has 1 saturated carbocycles. The van der Waals surface area contributed by atoms with Crippen molar-refractivity contribution in [3.05, 3.63) is 28.9 Å². The largest absolute Gasteiger partial charge is 0.398 e. The molecule has 1 aliphatic carbocycles. The van der Waals surface area contributed by atoms with Gasteiger partial charge in [0.2, 0.25) is 0 Å². The van der Waals surface area contributed by atoms with Crippen LogP contribution in [-0.4, -0.2) is 11.5 Å². The standard InChI is InChI=1S/C15H18BrN3/c1-9(10-2-3-10)7-18-14-5-4-13(17)12-6-11(16)8-19-15(12)14/h4-6,8-10,18H,2-3,7,17H2,1H3. The van der Waals surface area contributed by atoms with Crippen molar-refractivity contribution in [3.63, 3.8) is 0 Å². The lowest BCUT2D eigenvalue weighted by molar-refractivity contribution is 0.537. The van der Waals surface area contributed by atoms with Crippen LogP contribution in [-0.2, 0) is 0 Å². The number of nitrogen functional groups attached to an aromatic ring is 1. The lowest BCUT2D eigenvalue weighted by Crippen LogP contribution is -2.13. The molecule has 0 amide bonds. The molecule has 3 nitrogen and oxygen atoms in total. The number of hydrogen-bond donors (Lipinski definition) is 2. The second-order valence-electron chi connectivity index (χ2n) is 5.45. The van der Waals surface area contributed by atoms with Gasteiger partial charge in [-0.05, 0) is 58.8 Å². The minimum Gasteiger partial charge on any atom is -0.398 e. The van der Waals surface area contributed by atoms with Gasteiger partial charge in [-0.15, -0.1) is 0 Å². The highest BCUT2D eigenvalue weighted by Crippen LogP contribution is 2.37. The van der Waals surface area contributed by atoms with Crippen molar-refractivity contribution in [1.82, 2.24) is 4.98 Å². The van der Waals surface area contributed by atoms with Gasteiger partial charge in [0.05, 0.1) is 11.2 Å². The quantitative estimate of drug-likeness (QED) is 0.836. The molecule has 3 rings (SSSR count). The molecule has 1 heterocycles. The zero-order valence-corrected chi connectivity index (χ0v) is 12.6. The van der Waals surface area contributed by atoms with Crippen molar-refractivity contribution in [3.8, 4) is 0 Å². The fraction of sp³-hybridized carbons (Fsp3) is 0.400. The highest BCUT2D eigenvalue weighted by atomic mass is 79.9. The van der Waals surface area contributed by atoms with Crippen molar-refractivity contribution in [2.24, 2.45) is 11.8 Å². The minimum atomic E-state index is 0.725. The van der Waals surface area contributed by atoms with Gasteiger partial charge in [-0.3, -0.25) is 4.98 Å². The first-order valence-electron chi connectivity index (χ1n) is 6.73. The maximum Gasteiger partial charge on any atom is 0.0954 e. The summed E-state index contributed by atoms with van der Waals surface area (Å²) in [6.45, 7) is 3.32. The fourth-order valence-corrected chi connectivity index (χ4v) is 2.79. The van der Waals surface area contributed by atoms with E-state index in [1.165, 1.54) is 12.8 Å². The highest BCUT2D eigenvalue weighted by molar-refractivity contribution is 9.10. The average molecular weight is 320 g/mol. The van der Waals surface area contributed by atoms with Crippen LogP contribution < -0.4 is 11.1 Å². The van der Waals surface area contributed by atoms with Gasteiger partial charge in [0.15, 0.2) is 0 Å². The molecule has 0 spiro atoms. The molecule has 1 aromatic carbocycles. The Morgan fingerprint density at radius 3 is 3.00 bits per heavy atom. The molecule has 1 aromatic heterocycles. The van der Waals surface area contributed by atoms with Crippen molar-refractivity contribution < 1.29 is 0 Å². The maximum atomic E-state index is 6.02. The third kappa shape index (κ3) is 2.68. The molecular weight excluding hydrogens is 302 g/mol. The normalized spacial score (nSPS) is 16.5. The first-order chi connectivity index (χ1) is 9.15. The zero-order chi connectivity index (χ0) is 13.4. The number of benzene rings is 1. The Kier molecular flexibility index (Phi) is 3.35. The van der Waals surface area contributed by atoms with Gasteiger partial charge in [0, 0.05) is 28.3 Å². The van der Waals surface area contributed by atoms with Crippen molar-refractivity contribution in [1.29, 1.82) is 0 Å². The fourth-order valence-electron chi connectivity index (χ4n) is 2.46. The van der Waals surface area contributed by atoms with Crippen LogP contribution >= 0.6 is 15.9 Å². The first-order valence-corrected chi connectivity index (χ1v) is 7.52. The van der Waals surface area contributed by atoms with E-state index >= 15 is 0 Å². The summed E-state index contributed by atoms with van der Waals surface area (Å²) in [5.74, 6) is 1.64. The summed E-state index contributed by atoms with van der Waals surface area (Å²) < 4.78 is 0.954. The van der Waals surface area contributed by atoms with Crippen molar-refractivity contribution in [2.45, 2.75) is 19.8 Å². The molecule has 3 N–H and O–H groups in total. The highest BCUT2D eigenvalue weighted by Gasteiger charge is 2.27. The van der Waals surface area contributed by atoms with E-state index < -0.39 is 0 Å². The number of nitrogens with one attached hydrogen (secondary N) is 1. The van der Waals surface area contributed by atoms with Crippen LogP contribution in [0.4, 0.5) is 11.4 Å². The van der Waals surface area contributed by atoms with E-state index in [1.807, 2.05) is 24.4 Å². The summed E-state index contributed by atoms with van der Waals surface area (Å²) in [6.07, 6.45) is 4.59. The molecule has 4 heteroatoms. The van der Waals surface area contributed by atoms with Crippen molar-refractivity contribution >= 4 is 38.2 Å². The molecule has 19 heavy (non-hydrogen) atoms. The van der Waals surface area contributed by atoms with Crippen LogP contribution in [0.1, 0.15) is 19.8 Å². The number of hydrogen-bond acceptors (Lipinski definition) is 3. The Morgan fingerprint density at radius 1 is 1.47 bits per heavy atom. The van der Waals surface area contributed by atoms with E-state index in [1.54, 1.807) is 0 Å². The minimum absolute atomic E-state index is 0.725. The lowest BCUT2D eigenvalue weighted by Gasteiger charge is -2.14. The number of nitrogens with zero attached hydrogens (tertiary/aromatic N) is 1. The Hall–Kier alpha value is -1.29. The van der Waals surface area contributed by atoms with Gasteiger partial charge >= 0.3 is 0 Å². The van der Waals surface area contributed by atoms with E-state index in [4.69, 9.17) is 5.73 Å². The van der Waals surface area contributed by atoms with E-state index in [2.05, 4.69) is 33.2 Å². The van der Waals surface area contributed by atoms with Gasteiger partial charge in [-0.25, -0.2) is 0 Å². The second kappa shape index (κ2) is 5.00. The van der Waals surface area contributed by atoms with Crippen LogP contribution in [0, 0.1) is 11.8 Å². The van der Waals surface area contributed by atoms with Crippen LogP contribution in [0.15, 0.2) is 28.9 Å². The van der Waals surface area contributed by atoms with Gasteiger partial charge in [0.1, 0.15) is 0 Å². The van der Waals surface area contributed by atoms with Gasteiger partial charge in [-0.1, -0.05) is 6.92 Å². The molecule has 1 atom stereocenters. The zero-order valence-electron chi connectivity index (χ0n) is 11.0. The summed E-state index contributed by atoms with van der Waals surface area (Å²) in [4.78, 5) is 4.49. The average Bonchev–Trinajstić information content (AvgIpc) is 3.22.